The Hall–Kier alpha value is -2.80. The average molecular weight is 343 g/mol. The molecule has 2 aromatic carbocycles. The Morgan fingerprint density at radius 2 is 1.71 bits per heavy atom. The van der Waals surface area contributed by atoms with Crippen molar-refractivity contribution in [2.24, 2.45) is 5.73 Å². The second-order valence-corrected chi connectivity index (χ2v) is 6.04. The van der Waals surface area contributed by atoms with E-state index in [0.29, 0.717) is 16.9 Å². The minimum atomic E-state index is -0.512. The summed E-state index contributed by atoms with van der Waals surface area (Å²) in [5.41, 5.74) is 6.83. The van der Waals surface area contributed by atoms with Gasteiger partial charge in [0.2, 0.25) is 17.7 Å². The number of thioether (sulfide) groups is 1. The summed E-state index contributed by atoms with van der Waals surface area (Å²) in [7, 11) is 0. The number of nitrogens with one attached hydrogen (secondary N) is 2. The maximum atomic E-state index is 12.0. The fourth-order valence-electron chi connectivity index (χ4n) is 1.93. The molecule has 2 rings (SSSR count). The standard InChI is InChI=1S/C17H17N3O3S/c1-11(21)19-14-3-2-4-15(9-14)24-10-16(22)20-13-7-5-12(6-8-13)17(18)23/h2-9H,10H2,1H3,(H2,18,23)(H,19,21)(H,20,22). The average Bonchev–Trinajstić information content (AvgIpc) is 2.53. The van der Waals surface area contributed by atoms with Gasteiger partial charge in [-0.2, -0.15) is 0 Å². The molecule has 0 aliphatic rings. The zero-order valence-electron chi connectivity index (χ0n) is 13.0. The molecule has 0 saturated carbocycles. The van der Waals surface area contributed by atoms with E-state index in [1.807, 2.05) is 12.1 Å². The molecule has 24 heavy (non-hydrogen) atoms. The Bertz CT molecular complexity index is 760. The minimum absolute atomic E-state index is 0.144. The number of carbonyl (C=O) groups is 3. The van der Waals surface area contributed by atoms with Crippen molar-refractivity contribution in [2.75, 3.05) is 16.4 Å². The highest BCUT2D eigenvalue weighted by atomic mass is 32.2. The van der Waals surface area contributed by atoms with E-state index in [4.69, 9.17) is 5.73 Å². The molecule has 4 N–H and O–H groups in total. The molecule has 0 fully saturated rings. The zero-order valence-corrected chi connectivity index (χ0v) is 13.9. The van der Waals surface area contributed by atoms with Gasteiger partial charge in [-0.05, 0) is 42.5 Å². The predicted octanol–water partition coefficient (Wildman–Crippen LogP) is 2.47. The molecule has 0 aromatic heterocycles. The first kappa shape index (κ1) is 17.6. The molecular weight excluding hydrogens is 326 g/mol. The Balaban J connectivity index is 1.89. The summed E-state index contributed by atoms with van der Waals surface area (Å²) in [5.74, 6) is -0.602. The molecule has 124 valence electrons. The number of hydrogen-bond donors (Lipinski definition) is 3. The second kappa shape index (κ2) is 8.16. The molecule has 0 bridgehead atoms. The zero-order chi connectivity index (χ0) is 17.5. The summed E-state index contributed by atoms with van der Waals surface area (Å²) in [6.07, 6.45) is 0. The molecule has 0 spiro atoms. The first-order valence-corrected chi connectivity index (χ1v) is 8.13. The van der Waals surface area contributed by atoms with Gasteiger partial charge < -0.3 is 16.4 Å². The number of nitrogens with two attached hydrogens (primary N) is 1. The fourth-order valence-corrected chi connectivity index (χ4v) is 2.69. The van der Waals surface area contributed by atoms with Gasteiger partial charge >= 0.3 is 0 Å². The van der Waals surface area contributed by atoms with Crippen LogP contribution in [0, 0.1) is 0 Å². The predicted molar refractivity (Wildman–Crippen MR) is 95.1 cm³/mol. The third-order valence-corrected chi connectivity index (χ3v) is 3.97. The quantitative estimate of drug-likeness (QED) is 0.701. The molecule has 6 nitrogen and oxygen atoms in total. The summed E-state index contributed by atoms with van der Waals surface area (Å²) in [5, 5.41) is 5.44. The summed E-state index contributed by atoms with van der Waals surface area (Å²) in [6.45, 7) is 1.44. The normalized spacial score (nSPS) is 10.0. The van der Waals surface area contributed by atoms with Crippen LogP contribution in [0.3, 0.4) is 0 Å². The van der Waals surface area contributed by atoms with Crippen LogP contribution >= 0.6 is 11.8 Å². The van der Waals surface area contributed by atoms with Gasteiger partial charge in [-0.25, -0.2) is 0 Å². The van der Waals surface area contributed by atoms with Crippen molar-refractivity contribution in [1.29, 1.82) is 0 Å². The van der Waals surface area contributed by atoms with E-state index in [0.717, 1.165) is 4.90 Å². The van der Waals surface area contributed by atoms with Gasteiger partial charge in [0.05, 0.1) is 5.75 Å². The molecule has 0 saturated heterocycles. The highest BCUT2D eigenvalue weighted by Gasteiger charge is 2.06. The molecule has 0 aliphatic carbocycles. The summed E-state index contributed by atoms with van der Waals surface area (Å²) >= 11 is 1.36. The van der Waals surface area contributed by atoms with Crippen molar-refractivity contribution in [3.63, 3.8) is 0 Å². The van der Waals surface area contributed by atoms with Crippen molar-refractivity contribution in [2.45, 2.75) is 11.8 Å². The van der Waals surface area contributed by atoms with Gasteiger partial charge in [0.25, 0.3) is 0 Å². The molecule has 7 heteroatoms. The third-order valence-electron chi connectivity index (χ3n) is 2.98. The number of anilines is 2. The lowest BCUT2D eigenvalue weighted by Crippen LogP contribution is -2.15. The Morgan fingerprint density at radius 3 is 2.33 bits per heavy atom. The lowest BCUT2D eigenvalue weighted by atomic mass is 10.2. The van der Waals surface area contributed by atoms with Crippen LogP contribution in [0.4, 0.5) is 11.4 Å². The molecule has 0 unspecified atom stereocenters. The molecule has 3 amide bonds. The van der Waals surface area contributed by atoms with Gasteiger partial charge in [0, 0.05) is 28.8 Å². The topological polar surface area (TPSA) is 101 Å². The van der Waals surface area contributed by atoms with Gasteiger partial charge in [-0.15, -0.1) is 11.8 Å². The van der Waals surface area contributed by atoms with Crippen LogP contribution in [0.1, 0.15) is 17.3 Å². The van der Waals surface area contributed by atoms with E-state index in [2.05, 4.69) is 10.6 Å². The van der Waals surface area contributed by atoms with E-state index in [1.54, 1.807) is 36.4 Å². The Morgan fingerprint density at radius 1 is 1.00 bits per heavy atom. The van der Waals surface area contributed by atoms with Crippen molar-refractivity contribution in [3.05, 3.63) is 54.1 Å². The van der Waals surface area contributed by atoms with Crippen LogP contribution in [0.25, 0.3) is 0 Å². The van der Waals surface area contributed by atoms with Crippen LogP contribution in [0.15, 0.2) is 53.4 Å². The van der Waals surface area contributed by atoms with Gasteiger partial charge in [0.1, 0.15) is 0 Å². The van der Waals surface area contributed by atoms with Crippen molar-refractivity contribution in [1.82, 2.24) is 0 Å². The number of amides is 3. The molecule has 0 aliphatic heterocycles. The first-order valence-electron chi connectivity index (χ1n) is 7.14. The Kier molecular flexibility index (Phi) is 5.97. The van der Waals surface area contributed by atoms with Crippen LogP contribution in [-0.2, 0) is 9.59 Å². The van der Waals surface area contributed by atoms with E-state index < -0.39 is 5.91 Å². The van der Waals surface area contributed by atoms with E-state index in [1.165, 1.54) is 18.7 Å². The highest BCUT2D eigenvalue weighted by Crippen LogP contribution is 2.22. The lowest BCUT2D eigenvalue weighted by Gasteiger charge is -2.07. The number of primary amides is 1. The molecule has 2 aromatic rings. The first-order chi connectivity index (χ1) is 11.4. The largest absolute Gasteiger partial charge is 0.366 e. The minimum Gasteiger partial charge on any atom is -0.366 e. The highest BCUT2D eigenvalue weighted by molar-refractivity contribution is 8.00. The van der Waals surface area contributed by atoms with Crippen LogP contribution in [0.2, 0.25) is 0 Å². The molecule has 0 heterocycles. The lowest BCUT2D eigenvalue weighted by molar-refractivity contribution is -0.114. The summed E-state index contributed by atoms with van der Waals surface area (Å²) in [4.78, 5) is 34.9. The molecule has 0 atom stereocenters. The SMILES string of the molecule is CC(=O)Nc1cccc(SCC(=O)Nc2ccc(C(N)=O)cc2)c1. The van der Waals surface area contributed by atoms with Crippen molar-refractivity contribution >= 4 is 40.9 Å². The number of rotatable bonds is 6. The monoisotopic (exact) mass is 343 g/mol. The van der Waals surface area contributed by atoms with Crippen LogP contribution in [0.5, 0.6) is 0 Å². The van der Waals surface area contributed by atoms with Crippen molar-refractivity contribution in [3.8, 4) is 0 Å². The second-order valence-electron chi connectivity index (χ2n) is 4.99. The van der Waals surface area contributed by atoms with Gasteiger partial charge in [-0.1, -0.05) is 6.07 Å². The molecule has 0 radical (unpaired) electrons. The van der Waals surface area contributed by atoms with E-state index in [9.17, 15) is 14.4 Å². The number of carbonyl (C=O) groups excluding carboxylic acids is 3. The third kappa shape index (κ3) is 5.44. The fraction of sp³-hybridized carbons (Fsp3) is 0.118. The number of hydrogen-bond acceptors (Lipinski definition) is 4. The van der Waals surface area contributed by atoms with Crippen LogP contribution < -0.4 is 16.4 Å². The van der Waals surface area contributed by atoms with Crippen LogP contribution in [-0.4, -0.2) is 23.5 Å². The molecular formula is C17H17N3O3S. The smallest absolute Gasteiger partial charge is 0.248 e. The van der Waals surface area contributed by atoms with Gasteiger partial charge in [-0.3, -0.25) is 14.4 Å². The number of benzene rings is 2. The Labute approximate surface area is 143 Å². The maximum Gasteiger partial charge on any atom is 0.248 e. The van der Waals surface area contributed by atoms with E-state index in [-0.39, 0.29) is 17.6 Å². The van der Waals surface area contributed by atoms with Gasteiger partial charge in [0.15, 0.2) is 0 Å². The summed E-state index contributed by atoms with van der Waals surface area (Å²) < 4.78 is 0. The van der Waals surface area contributed by atoms with E-state index >= 15 is 0 Å². The summed E-state index contributed by atoms with van der Waals surface area (Å²) in [6, 6.07) is 13.6. The van der Waals surface area contributed by atoms with Crippen molar-refractivity contribution < 1.29 is 14.4 Å². The maximum absolute atomic E-state index is 12.0.